The normalized spacial score (nSPS) is 13.2. The Morgan fingerprint density at radius 2 is 1.83 bits per heavy atom. The molecule has 0 fully saturated rings. The summed E-state index contributed by atoms with van der Waals surface area (Å²) in [6, 6.07) is 7.07. The lowest BCUT2D eigenvalue weighted by molar-refractivity contribution is 0.0925. The van der Waals surface area contributed by atoms with Crippen LogP contribution in [0.3, 0.4) is 0 Å². The van der Waals surface area contributed by atoms with Gasteiger partial charge in [-0.25, -0.2) is 4.39 Å². The van der Waals surface area contributed by atoms with Gasteiger partial charge in [-0.3, -0.25) is 9.59 Å². The second-order valence-corrected chi connectivity index (χ2v) is 5.51. The van der Waals surface area contributed by atoms with Crippen LogP contribution < -0.4 is 10.6 Å². The van der Waals surface area contributed by atoms with Crippen molar-refractivity contribution in [3.8, 4) is 0 Å². The third kappa shape index (κ3) is 3.80. The third-order valence-corrected chi connectivity index (χ3v) is 3.79. The van der Waals surface area contributed by atoms with Gasteiger partial charge < -0.3 is 20.4 Å². The number of benzene rings is 1. The summed E-state index contributed by atoms with van der Waals surface area (Å²) in [6.45, 7) is 1.76. The number of carbonyl (C=O) groups is 2. The van der Waals surface area contributed by atoms with E-state index < -0.39 is 5.82 Å². The lowest BCUT2D eigenvalue weighted by Crippen LogP contribution is -2.34. The molecule has 0 unspecified atom stereocenters. The first-order chi connectivity index (χ1) is 11.6. The standard InChI is InChI=1S/C17H18FN3O3/c18-13-3-1-11(2-4-13)16(22)19-6-7-20-17(23)15-9-12-10-24-8-5-14(12)21-15/h1-4,9,21H,5-8,10H2,(H,19,22)(H,20,23). The molecule has 3 N–H and O–H groups in total. The molecule has 2 amide bonds. The van der Waals surface area contributed by atoms with Gasteiger partial charge in [0, 0.05) is 30.8 Å². The number of H-pyrrole nitrogens is 1. The summed E-state index contributed by atoms with van der Waals surface area (Å²) >= 11 is 0. The second kappa shape index (κ2) is 7.27. The maximum Gasteiger partial charge on any atom is 0.267 e. The highest BCUT2D eigenvalue weighted by Gasteiger charge is 2.16. The first kappa shape index (κ1) is 16.2. The molecule has 0 aliphatic carbocycles. The first-order valence-corrected chi connectivity index (χ1v) is 7.74. The number of hydrogen-bond acceptors (Lipinski definition) is 3. The van der Waals surface area contributed by atoms with Gasteiger partial charge >= 0.3 is 0 Å². The topological polar surface area (TPSA) is 83.2 Å². The molecule has 2 aromatic rings. The average molecular weight is 331 g/mol. The van der Waals surface area contributed by atoms with Crippen molar-refractivity contribution in [3.05, 3.63) is 58.7 Å². The van der Waals surface area contributed by atoms with E-state index in [2.05, 4.69) is 15.6 Å². The molecule has 0 bridgehead atoms. The van der Waals surface area contributed by atoms with Gasteiger partial charge in [0.15, 0.2) is 0 Å². The van der Waals surface area contributed by atoms with E-state index in [0.29, 0.717) is 31.0 Å². The number of halogens is 1. The van der Waals surface area contributed by atoms with Crippen LogP contribution in [0.2, 0.25) is 0 Å². The zero-order valence-electron chi connectivity index (χ0n) is 13.0. The number of amides is 2. The van der Waals surface area contributed by atoms with Crippen LogP contribution in [0, 0.1) is 5.82 Å². The summed E-state index contributed by atoms with van der Waals surface area (Å²) in [7, 11) is 0. The fourth-order valence-corrected chi connectivity index (χ4v) is 2.52. The number of nitrogens with one attached hydrogen (secondary N) is 3. The number of carbonyl (C=O) groups excluding carboxylic acids is 2. The van der Waals surface area contributed by atoms with Crippen molar-refractivity contribution in [3.63, 3.8) is 0 Å². The van der Waals surface area contributed by atoms with Crippen LogP contribution in [-0.2, 0) is 17.8 Å². The van der Waals surface area contributed by atoms with Gasteiger partial charge in [-0.05, 0) is 35.9 Å². The number of aromatic nitrogens is 1. The Bertz CT molecular complexity index is 717. The van der Waals surface area contributed by atoms with Gasteiger partial charge in [-0.1, -0.05) is 0 Å². The van der Waals surface area contributed by atoms with Crippen molar-refractivity contribution in [1.29, 1.82) is 0 Å². The molecule has 1 aliphatic heterocycles. The van der Waals surface area contributed by atoms with Gasteiger partial charge in [-0.15, -0.1) is 0 Å². The number of fused-ring (bicyclic) bond motifs is 1. The van der Waals surface area contributed by atoms with Gasteiger partial charge in [0.25, 0.3) is 11.8 Å². The zero-order valence-corrected chi connectivity index (χ0v) is 13.0. The Morgan fingerprint density at radius 1 is 1.12 bits per heavy atom. The highest BCUT2D eigenvalue weighted by molar-refractivity contribution is 5.94. The summed E-state index contributed by atoms with van der Waals surface area (Å²) in [5.41, 5.74) is 2.92. The van der Waals surface area contributed by atoms with Crippen molar-refractivity contribution in [2.75, 3.05) is 19.7 Å². The summed E-state index contributed by atoms with van der Waals surface area (Å²) < 4.78 is 18.1. The molecule has 0 radical (unpaired) electrons. The van der Waals surface area contributed by atoms with Crippen LogP contribution in [0.4, 0.5) is 4.39 Å². The number of rotatable bonds is 5. The predicted molar refractivity (Wildman–Crippen MR) is 85.2 cm³/mol. The molecule has 126 valence electrons. The van der Waals surface area contributed by atoms with Crippen LogP contribution in [0.5, 0.6) is 0 Å². The number of aromatic amines is 1. The maximum absolute atomic E-state index is 12.8. The van der Waals surface area contributed by atoms with E-state index in [1.165, 1.54) is 24.3 Å². The number of hydrogen-bond donors (Lipinski definition) is 3. The summed E-state index contributed by atoms with van der Waals surface area (Å²) in [5.74, 6) is -0.921. The second-order valence-electron chi connectivity index (χ2n) is 5.51. The molecule has 1 aromatic heterocycles. The van der Waals surface area contributed by atoms with Crippen molar-refractivity contribution in [2.24, 2.45) is 0 Å². The SMILES string of the molecule is O=C(NCCNC(=O)c1cc2c([nH]1)CCOC2)c1ccc(F)cc1. The molecule has 1 aliphatic rings. The molecule has 24 heavy (non-hydrogen) atoms. The average Bonchev–Trinajstić information content (AvgIpc) is 3.03. The minimum absolute atomic E-state index is 0.222. The molecule has 2 heterocycles. The summed E-state index contributed by atoms with van der Waals surface area (Å²) in [4.78, 5) is 27.0. The smallest absolute Gasteiger partial charge is 0.267 e. The fourth-order valence-electron chi connectivity index (χ4n) is 2.52. The fraction of sp³-hybridized carbons (Fsp3) is 0.294. The van der Waals surface area contributed by atoms with Gasteiger partial charge in [-0.2, -0.15) is 0 Å². The van der Waals surface area contributed by atoms with Gasteiger partial charge in [0.1, 0.15) is 11.5 Å². The predicted octanol–water partition coefficient (Wildman–Crippen LogP) is 1.39. The van der Waals surface area contributed by atoms with Crippen LogP contribution in [0.1, 0.15) is 32.1 Å². The van der Waals surface area contributed by atoms with Gasteiger partial charge in [0.05, 0.1) is 13.2 Å². The molecule has 7 heteroatoms. The van der Waals surface area contributed by atoms with Crippen molar-refractivity contribution in [2.45, 2.75) is 13.0 Å². The van der Waals surface area contributed by atoms with E-state index in [9.17, 15) is 14.0 Å². The molecule has 1 aromatic carbocycles. The minimum Gasteiger partial charge on any atom is -0.376 e. The Labute approximate surface area is 138 Å². The van der Waals surface area contributed by atoms with E-state index in [4.69, 9.17) is 4.74 Å². The van der Waals surface area contributed by atoms with E-state index in [-0.39, 0.29) is 18.4 Å². The summed E-state index contributed by atoms with van der Waals surface area (Å²) in [6.07, 6.45) is 0.774. The monoisotopic (exact) mass is 331 g/mol. The zero-order chi connectivity index (χ0) is 16.9. The lowest BCUT2D eigenvalue weighted by Gasteiger charge is -2.10. The minimum atomic E-state index is -0.391. The van der Waals surface area contributed by atoms with Crippen molar-refractivity contribution in [1.82, 2.24) is 15.6 Å². The van der Waals surface area contributed by atoms with Crippen LogP contribution in [0.25, 0.3) is 0 Å². The Hall–Kier alpha value is -2.67. The lowest BCUT2D eigenvalue weighted by atomic mass is 10.2. The third-order valence-electron chi connectivity index (χ3n) is 3.79. The molecular formula is C17H18FN3O3. The van der Waals surface area contributed by atoms with Crippen molar-refractivity contribution >= 4 is 11.8 Å². The van der Waals surface area contributed by atoms with E-state index in [1.54, 1.807) is 6.07 Å². The summed E-state index contributed by atoms with van der Waals surface area (Å²) in [5, 5.41) is 5.41. The molecular weight excluding hydrogens is 313 g/mol. The van der Waals surface area contributed by atoms with E-state index >= 15 is 0 Å². The highest BCUT2D eigenvalue weighted by atomic mass is 19.1. The first-order valence-electron chi connectivity index (χ1n) is 7.74. The highest BCUT2D eigenvalue weighted by Crippen LogP contribution is 2.17. The molecule has 0 spiro atoms. The van der Waals surface area contributed by atoms with Crippen LogP contribution in [0.15, 0.2) is 30.3 Å². The Balaban J connectivity index is 1.44. The van der Waals surface area contributed by atoms with Crippen molar-refractivity contribution < 1.29 is 18.7 Å². The van der Waals surface area contributed by atoms with E-state index in [0.717, 1.165) is 17.7 Å². The Morgan fingerprint density at radius 3 is 2.54 bits per heavy atom. The molecule has 6 nitrogen and oxygen atoms in total. The quantitative estimate of drug-likeness (QED) is 0.724. The molecule has 0 saturated carbocycles. The van der Waals surface area contributed by atoms with Crippen LogP contribution in [-0.4, -0.2) is 36.5 Å². The molecule has 3 rings (SSSR count). The van der Waals surface area contributed by atoms with Gasteiger partial charge in [0.2, 0.25) is 0 Å². The van der Waals surface area contributed by atoms with Crippen LogP contribution >= 0.6 is 0 Å². The number of ether oxygens (including phenoxy) is 1. The largest absolute Gasteiger partial charge is 0.376 e. The Kier molecular flexibility index (Phi) is 4.90. The maximum atomic E-state index is 12.8. The molecule has 0 saturated heterocycles. The van der Waals surface area contributed by atoms with E-state index in [1.807, 2.05) is 0 Å². The molecule has 0 atom stereocenters.